The Hall–Kier alpha value is -3.57. The first-order valence-corrected chi connectivity index (χ1v) is 13.4. The van der Waals surface area contributed by atoms with Gasteiger partial charge in [-0.2, -0.15) is 5.10 Å². The van der Waals surface area contributed by atoms with Crippen LogP contribution in [0.5, 0.6) is 0 Å². The highest BCUT2D eigenvalue weighted by Crippen LogP contribution is 2.33. The average Bonchev–Trinajstić information content (AvgIpc) is 3.53. The Bertz CT molecular complexity index is 1420. The molecule has 0 bridgehead atoms. The number of carbonyl (C=O) groups excluding carboxylic acids is 2. The van der Waals surface area contributed by atoms with E-state index in [2.05, 4.69) is 20.3 Å². The van der Waals surface area contributed by atoms with Crippen LogP contribution >= 0.6 is 0 Å². The minimum absolute atomic E-state index is 0.00801. The van der Waals surface area contributed by atoms with Crippen LogP contribution in [-0.2, 0) is 16.1 Å². The molecule has 38 heavy (non-hydrogen) atoms. The molecule has 6 rings (SSSR count). The van der Waals surface area contributed by atoms with Crippen LogP contribution in [0, 0.1) is 5.92 Å². The van der Waals surface area contributed by atoms with Gasteiger partial charge < -0.3 is 15.3 Å². The smallest absolute Gasteiger partial charge is 0.264 e. The van der Waals surface area contributed by atoms with E-state index in [0.717, 1.165) is 32.2 Å². The van der Waals surface area contributed by atoms with Crippen LogP contribution in [0.4, 0.5) is 5.69 Å². The van der Waals surface area contributed by atoms with Gasteiger partial charge in [-0.1, -0.05) is 0 Å². The van der Waals surface area contributed by atoms with E-state index in [9.17, 15) is 19.5 Å². The molecular formula is C27H33N7O4. The van der Waals surface area contributed by atoms with Crippen molar-refractivity contribution in [3.63, 3.8) is 0 Å². The van der Waals surface area contributed by atoms with E-state index < -0.39 is 5.60 Å². The van der Waals surface area contributed by atoms with E-state index in [4.69, 9.17) is 0 Å². The van der Waals surface area contributed by atoms with Crippen molar-refractivity contribution in [1.29, 1.82) is 0 Å². The molecule has 2 aromatic heterocycles. The summed E-state index contributed by atoms with van der Waals surface area (Å²) in [6.07, 6.45) is 7.61. The molecular weight excluding hydrogens is 486 g/mol. The van der Waals surface area contributed by atoms with Crippen LogP contribution in [-0.4, -0.2) is 84.4 Å². The number of anilines is 1. The van der Waals surface area contributed by atoms with Crippen molar-refractivity contribution >= 4 is 28.5 Å². The van der Waals surface area contributed by atoms with Gasteiger partial charge in [-0.25, -0.2) is 9.67 Å². The highest BCUT2D eigenvalue weighted by Gasteiger charge is 2.39. The minimum atomic E-state index is -1.07. The number of likely N-dealkylation sites (N-methyl/N-ethyl adjacent to an activating group) is 1. The fourth-order valence-corrected chi connectivity index (χ4v) is 5.61. The summed E-state index contributed by atoms with van der Waals surface area (Å²) < 4.78 is 3.03. The van der Waals surface area contributed by atoms with Crippen LogP contribution in [0.1, 0.15) is 38.5 Å². The lowest BCUT2D eigenvalue weighted by Gasteiger charge is -2.38. The van der Waals surface area contributed by atoms with Gasteiger partial charge in [-0.05, 0) is 76.4 Å². The lowest BCUT2D eigenvalue weighted by atomic mass is 9.91. The molecule has 1 aromatic carbocycles. The van der Waals surface area contributed by atoms with E-state index in [1.807, 2.05) is 36.2 Å². The molecule has 2 saturated heterocycles. The second kappa shape index (κ2) is 9.63. The zero-order valence-corrected chi connectivity index (χ0v) is 21.5. The van der Waals surface area contributed by atoms with Gasteiger partial charge in [0.25, 0.3) is 5.56 Å². The Kier molecular flexibility index (Phi) is 6.27. The number of nitrogens with one attached hydrogen (secondary N) is 1. The first-order chi connectivity index (χ1) is 18.3. The number of hydrogen-bond acceptors (Lipinski definition) is 7. The van der Waals surface area contributed by atoms with E-state index in [-0.39, 0.29) is 35.9 Å². The summed E-state index contributed by atoms with van der Waals surface area (Å²) in [6, 6.07) is 7.17. The average molecular weight is 520 g/mol. The van der Waals surface area contributed by atoms with E-state index in [1.54, 1.807) is 4.68 Å². The number of aromatic nitrogens is 4. The van der Waals surface area contributed by atoms with Gasteiger partial charge in [0.2, 0.25) is 11.8 Å². The number of benzene rings is 1. The number of fused-ring (bicyclic) bond motifs is 1. The number of likely N-dealkylation sites (tertiary alicyclic amines) is 2. The standard InChI is InChI=1S/C27H33N7O4/c1-31-12-2-3-22(31)24(35)30-19-6-8-20(9-7-19)34-23-21(15-29-34)26(37)33(17-28-23)16-27(38)10-13-32(14-11-27)25(36)18-4-5-18/h6-9,15,17-18,22,38H,2-5,10-14,16H2,1H3,(H,30,35)/t22-/m0/s1. The summed E-state index contributed by atoms with van der Waals surface area (Å²) in [5.41, 5.74) is 0.502. The van der Waals surface area contributed by atoms with Crippen LogP contribution in [0.25, 0.3) is 16.7 Å². The maximum atomic E-state index is 13.2. The molecule has 3 aromatic rings. The number of piperidine rings is 1. The zero-order valence-electron chi connectivity index (χ0n) is 21.5. The van der Waals surface area contributed by atoms with Gasteiger partial charge >= 0.3 is 0 Å². The van der Waals surface area contributed by atoms with Crippen LogP contribution in [0.15, 0.2) is 41.6 Å². The fraction of sp³-hybridized carbons (Fsp3) is 0.519. The van der Waals surface area contributed by atoms with E-state index >= 15 is 0 Å². The predicted molar refractivity (Wildman–Crippen MR) is 141 cm³/mol. The molecule has 2 N–H and O–H groups in total. The molecule has 200 valence electrons. The summed E-state index contributed by atoms with van der Waals surface area (Å²) in [7, 11) is 1.96. The summed E-state index contributed by atoms with van der Waals surface area (Å²) in [5, 5.41) is 18.9. The maximum Gasteiger partial charge on any atom is 0.264 e. The van der Waals surface area contributed by atoms with Gasteiger partial charge in [0.1, 0.15) is 11.7 Å². The summed E-state index contributed by atoms with van der Waals surface area (Å²) in [6.45, 7) is 2.05. The normalized spacial score (nSPS) is 21.6. The fourth-order valence-electron chi connectivity index (χ4n) is 5.61. The Morgan fingerprint density at radius 1 is 1.11 bits per heavy atom. The Morgan fingerprint density at radius 3 is 2.50 bits per heavy atom. The SMILES string of the molecule is CN1CCC[C@H]1C(=O)Nc1ccc(-n2ncc3c(=O)n(CC4(O)CCN(C(=O)C5CC5)CC4)cnc32)cc1. The summed E-state index contributed by atoms with van der Waals surface area (Å²) in [4.78, 5) is 46.5. The maximum absolute atomic E-state index is 13.2. The zero-order chi connectivity index (χ0) is 26.4. The molecule has 3 fully saturated rings. The lowest BCUT2D eigenvalue weighted by molar-refractivity contribution is -0.137. The van der Waals surface area contributed by atoms with Crippen molar-refractivity contribution in [3.8, 4) is 5.69 Å². The van der Waals surface area contributed by atoms with Crippen LogP contribution < -0.4 is 10.9 Å². The molecule has 0 spiro atoms. The first-order valence-electron chi connectivity index (χ1n) is 13.4. The Balaban J connectivity index is 1.15. The molecule has 0 radical (unpaired) electrons. The van der Waals surface area contributed by atoms with Crippen molar-refractivity contribution < 1.29 is 14.7 Å². The van der Waals surface area contributed by atoms with Crippen molar-refractivity contribution in [3.05, 3.63) is 47.1 Å². The summed E-state index contributed by atoms with van der Waals surface area (Å²) >= 11 is 0. The highest BCUT2D eigenvalue weighted by atomic mass is 16.3. The molecule has 0 unspecified atom stereocenters. The Morgan fingerprint density at radius 2 is 1.84 bits per heavy atom. The molecule has 1 saturated carbocycles. The van der Waals surface area contributed by atoms with Crippen molar-refractivity contribution in [2.24, 2.45) is 5.92 Å². The molecule has 1 atom stereocenters. The number of aliphatic hydroxyl groups is 1. The molecule has 4 heterocycles. The van der Waals surface area contributed by atoms with Crippen molar-refractivity contribution in [2.75, 3.05) is 32.0 Å². The molecule has 11 heteroatoms. The van der Waals surface area contributed by atoms with Gasteiger partial charge in [0.05, 0.1) is 30.1 Å². The van der Waals surface area contributed by atoms with Crippen LogP contribution in [0.2, 0.25) is 0 Å². The lowest BCUT2D eigenvalue weighted by Crippen LogP contribution is -2.50. The highest BCUT2D eigenvalue weighted by molar-refractivity contribution is 5.95. The molecule has 2 amide bonds. The van der Waals surface area contributed by atoms with Gasteiger partial charge in [0, 0.05) is 24.7 Å². The quantitative estimate of drug-likeness (QED) is 0.504. The molecule has 1 aliphatic carbocycles. The number of amides is 2. The molecule has 11 nitrogen and oxygen atoms in total. The number of hydrogen-bond donors (Lipinski definition) is 2. The second-order valence-corrected chi connectivity index (χ2v) is 11.0. The molecule has 3 aliphatic rings. The van der Waals surface area contributed by atoms with E-state index in [1.165, 1.54) is 17.1 Å². The summed E-state index contributed by atoms with van der Waals surface area (Å²) in [5.74, 6) is 0.351. The van der Waals surface area contributed by atoms with Gasteiger partial charge in [-0.15, -0.1) is 0 Å². The van der Waals surface area contributed by atoms with Gasteiger partial charge in [0.15, 0.2) is 5.65 Å². The third-order valence-corrected chi connectivity index (χ3v) is 8.15. The molecule has 2 aliphatic heterocycles. The second-order valence-electron chi connectivity index (χ2n) is 11.0. The van der Waals surface area contributed by atoms with E-state index in [0.29, 0.717) is 48.3 Å². The Labute approximate surface area is 220 Å². The largest absolute Gasteiger partial charge is 0.388 e. The number of carbonyl (C=O) groups is 2. The topological polar surface area (TPSA) is 126 Å². The predicted octanol–water partition coefficient (Wildman–Crippen LogP) is 1.38. The first kappa shape index (κ1) is 24.7. The van der Waals surface area contributed by atoms with Gasteiger partial charge in [-0.3, -0.25) is 23.9 Å². The third-order valence-electron chi connectivity index (χ3n) is 8.15. The van der Waals surface area contributed by atoms with Crippen molar-refractivity contribution in [1.82, 2.24) is 29.1 Å². The van der Waals surface area contributed by atoms with Crippen molar-refractivity contribution in [2.45, 2.75) is 56.7 Å². The number of nitrogens with zero attached hydrogens (tertiary/aromatic N) is 6. The van der Waals surface area contributed by atoms with Crippen LogP contribution in [0.3, 0.4) is 0 Å². The third kappa shape index (κ3) is 4.71. The monoisotopic (exact) mass is 519 g/mol. The number of rotatable bonds is 6. The minimum Gasteiger partial charge on any atom is -0.388 e.